The first-order valence-corrected chi connectivity index (χ1v) is 6.42. The summed E-state index contributed by atoms with van der Waals surface area (Å²) in [4.78, 5) is 12.2. The van der Waals surface area contributed by atoms with Gasteiger partial charge in [-0.3, -0.25) is 4.79 Å². The molecule has 1 amide bonds. The predicted octanol–water partition coefficient (Wildman–Crippen LogP) is 3.30. The first-order chi connectivity index (χ1) is 9.01. The zero-order valence-corrected chi connectivity index (χ0v) is 11.7. The van der Waals surface area contributed by atoms with Crippen molar-refractivity contribution in [2.45, 2.75) is 20.4 Å². The summed E-state index contributed by atoms with van der Waals surface area (Å²) in [7, 11) is 0. The molecule has 0 spiro atoms. The number of amides is 1. The zero-order chi connectivity index (χ0) is 14.0. The largest absolute Gasteiger partial charge is 0.397 e. The standard InChI is InChI=1S/C14H16ClN3O/c1-3-18-8-11(16)7-13(18)14(19)17-12-6-10(15)5-4-9(12)2/h4-8H,3,16H2,1-2H3,(H,17,19). The van der Waals surface area contributed by atoms with Crippen LogP contribution in [-0.2, 0) is 6.54 Å². The smallest absolute Gasteiger partial charge is 0.272 e. The number of anilines is 2. The lowest BCUT2D eigenvalue weighted by Crippen LogP contribution is -2.16. The number of nitrogens with two attached hydrogens (primary N) is 1. The lowest BCUT2D eigenvalue weighted by Gasteiger charge is -2.10. The van der Waals surface area contributed by atoms with Crippen molar-refractivity contribution in [3.8, 4) is 0 Å². The van der Waals surface area contributed by atoms with Crippen LogP contribution < -0.4 is 11.1 Å². The van der Waals surface area contributed by atoms with E-state index in [0.717, 1.165) is 5.56 Å². The van der Waals surface area contributed by atoms with Crippen molar-refractivity contribution in [1.82, 2.24) is 4.57 Å². The Hall–Kier alpha value is -1.94. The Labute approximate surface area is 117 Å². The molecule has 0 unspecified atom stereocenters. The number of hydrogen-bond donors (Lipinski definition) is 2. The number of carbonyl (C=O) groups excluding carboxylic acids is 1. The van der Waals surface area contributed by atoms with Crippen molar-refractivity contribution in [3.63, 3.8) is 0 Å². The molecule has 3 N–H and O–H groups in total. The molecule has 0 aliphatic rings. The first-order valence-electron chi connectivity index (χ1n) is 6.04. The van der Waals surface area contributed by atoms with Gasteiger partial charge >= 0.3 is 0 Å². The number of benzene rings is 1. The van der Waals surface area contributed by atoms with Crippen molar-refractivity contribution in [3.05, 3.63) is 46.7 Å². The van der Waals surface area contributed by atoms with E-state index in [0.29, 0.717) is 28.6 Å². The van der Waals surface area contributed by atoms with Crippen molar-refractivity contribution in [2.75, 3.05) is 11.1 Å². The maximum Gasteiger partial charge on any atom is 0.272 e. The summed E-state index contributed by atoms with van der Waals surface area (Å²) in [6, 6.07) is 7.06. The molecule has 5 heteroatoms. The SMILES string of the molecule is CCn1cc(N)cc1C(=O)Nc1cc(Cl)ccc1C. The minimum atomic E-state index is -0.191. The zero-order valence-electron chi connectivity index (χ0n) is 10.9. The minimum absolute atomic E-state index is 0.191. The number of carbonyl (C=O) groups is 1. The van der Waals surface area contributed by atoms with Gasteiger partial charge in [-0.2, -0.15) is 0 Å². The number of halogens is 1. The van der Waals surface area contributed by atoms with Gasteiger partial charge in [0.1, 0.15) is 5.69 Å². The Morgan fingerprint density at radius 2 is 2.16 bits per heavy atom. The van der Waals surface area contributed by atoms with Gasteiger partial charge in [0.25, 0.3) is 5.91 Å². The third-order valence-corrected chi connectivity index (χ3v) is 3.17. The Kier molecular flexibility index (Phi) is 3.81. The summed E-state index contributed by atoms with van der Waals surface area (Å²) in [5.41, 5.74) is 8.50. The lowest BCUT2D eigenvalue weighted by atomic mass is 10.2. The Morgan fingerprint density at radius 1 is 1.42 bits per heavy atom. The van der Waals surface area contributed by atoms with Gasteiger partial charge in [0.05, 0.1) is 5.69 Å². The molecule has 0 saturated heterocycles. The van der Waals surface area contributed by atoms with E-state index in [-0.39, 0.29) is 5.91 Å². The van der Waals surface area contributed by atoms with Gasteiger partial charge in [-0.1, -0.05) is 17.7 Å². The van der Waals surface area contributed by atoms with Gasteiger partial charge in [0, 0.05) is 23.5 Å². The molecule has 0 radical (unpaired) electrons. The fourth-order valence-electron chi connectivity index (χ4n) is 1.90. The average Bonchev–Trinajstić information content (AvgIpc) is 2.75. The molecule has 1 aromatic carbocycles. The molecule has 2 aromatic rings. The van der Waals surface area contributed by atoms with E-state index in [1.807, 2.05) is 24.5 Å². The maximum atomic E-state index is 12.2. The summed E-state index contributed by atoms with van der Waals surface area (Å²) in [5, 5.41) is 3.44. The highest BCUT2D eigenvalue weighted by Crippen LogP contribution is 2.21. The normalized spacial score (nSPS) is 10.5. The molecule has 19 heavy (non-hydrogen) atoms. The van der Waals surface area contributed by atoms with Crippen LogP contribution in [0.25, 0.3) is 0 Å². The molecular weight excluding hydrogens is 262 g/mol. The highest BCUT2D eigenvalue weighted by atomic mass is 35.5. The highest BCUT2D eigenvalue weighted by molar-refractivity contribution is 6.31. The first kappa shape index (κ1) is 13.5. The molecule has 2 rings (SSSR count). The number of nitrogens with one attached hydrogen (secondary N) is 1. The van der Waals surface area contributed by atoms with E-state index in [2.05, 4.69) is 5.32 Å². The summed E-state index contributed by atoms with van der Waals surface area (Å²) < 4.78 is 1.81. The molecule has 1 heterocycles. The van der Waals surface area contributed by atoms with Crippen LogP contribution in [-0.4, -0.2) is 10.5 Å². The van der Waals surface area contributed by atoms with E-state index < -0.39 is 0 Å². The predicted molar refractivity (Wildman–Crippen MR) is 78.7 cm³/mol. The number of rotatable bonds is 3. The minimum Gasteiger partial charge on any atom is -0.397 e. The van der Waals surface area contributed by atoms with E-state index in [1.165, 1.54) is 0 Å². The molecule has 0 aliphatic carbocycles. The second-order valence-electron chi connectivity index (χ2n) is 4.36. The topological polar surface area (TPSA) is 60.0 Å². The van der Waals surface area contributed by atoms with E-state index in [4.69, 9.17) is 17.3 Å². The van der Waals surface area contributed by atoms with Crippen LogP contribution in [0, 0.1) is 6.92 Å². The summed E-state index contributed by atoms with van der Waals surface area (Å²) in [6.07, 6.45) is 1.75. The molecule has 100 valence electrons. The second-order valence-corrected chi connectivity index (χ2v) is 4.79. The third kappa shape index (κ3) is 2.90. The van der Waals surface area contributed by atoms with E-state index in [1.54, 1.807) is 24.4 Å². The van der Waals surface area contributed by atoms with Gasteiger partial charge < -0.3 is 15.6 Å². The van der Waals surface area contributed by atoms with Crippen LogP contribution in [0.15, 0.2) is 30.5 Å². The van der Waals surface area contributed by atoms with Gasteiger partial charge in [-0.25, -0.2) is 0 Å². The Morgan fingerprint density at radius 3 is 2.84 bits per heavy atom. The van der Waals surface area contributed by atoms with Crippen molar-refractivity contribution in [1.29, 1.82) is 0 Å². The maximum absolute atomic E-state index is 12.2. The molecule has 4 nitrogen and oxygen atoms in total. The molecular formula is C14H16ClN3O. The molecule has 0 fully saturated rings. The molecule has 1 aromatic heterocycles. The molecule has 0 bridgehead atoms. The van der Waals surface area contributed by atoms with E-state index in [9.17, 15) is 4.79 Å². The monoisotopic (exact) mass is 277 g/mol. The number of nitrogens with zero attached hydrogens (tertiary/aromatic N) is 1. The molecule has 0 atom stereocenters. The van der Waals surface area contributed by atoms with Crippen molar-refractivity contribution in [2.24, 2.45) is 0 Å². The van der Waals surface area contributed by atoms with Crippen LogP contribution in [0.4, 0.5) is 11.4 Å². The molecule has 0 aliphatic heterocycles. The quantitative estimate of drug-likeness (QED) is 0.904. The lowest BCUT2D eigenvalue weighted by molar-refractivity contribution is 0.101. The van der Waals surface area contributed by atoms with Gasteiger partial charge in [0.15, 0.2) is 0 Å². The summed E-state index contributed by atoms with van der Waals surface area (Å²) in [5.74, 6) is -0.191. The summed E-state index contributed by atoms with van der Waals surface area (Å²) in [6.45, 7) is 4.56. The number of hydrogen-bond acceptors (Lipinski definition) is 2. The van der Waals surface area contributed by atoms with Crippen LogP contribution in [0.5, 0.6) is 0 Å². The van der Waals surface area contributed by atoms with Crippen LogP contribution in [0.1, 0.15) is 23.0 Å². The number of nitrogen functional groups attached to an aromatic ring is 1. The van der Waals surface area contributed by atoms with Gasteiger partial charge in [-0.05, 0) is 37.6 Å². The van der Waals surface area contributed by atoms with Crippen LogP contribution in [0.2, 0.25) is 5.02 Å². The highest BCUT2D eigenvalue weighted by Gasteiger charge is 2.13. The number of aryl methyl sites for hydroxylation is 2. The fourth-order valence-corrected chi connectivity index (χ4v) is 2.07. The van der Waals surface area contributed by atoms with Gasteiger partial charge in [-0.15, -0.1) is 0 Å². The summed E-state index contributed by atoms with van der Waals surface area (Å²) >= 11 is 5.93. The average molecular weight is 278 g/mol. The second kappa shape index (κ2) is 5.36. The Bertz CT molecular complexity index is 619. The Balaban J connectivity index is 2.27. The fraction of sp³-hybridized carbons (Fsp3) is 0.214. The third-order valence-electron chi connectivity index (χ3n) is 2.94. The van der Waals surface area contributed by atoms with Crippen LogP contribution in [0.3, 0.4) is 0 Å². The van der Waals surface area contributed by atoms with Crippen LogP contribution >= 0.6 is 11.6 Å². The molecule has 0 saturated carbocycles. The van der Waals surface area contributed by atoms with Gasteiger partial charge in [0.2, 0.25) is 0 Å². The van der Waals surface area contributed by atoms with Crippen molar-refractivity contribution < 1.29 is 4.79 Å². The van der Waals surface area contributed by atoms with E-state index >= 15 is 0 Å². The number of aromatic nitrogens is 1. The van der Waals surface area contributed by atoms with Crippen molar-refractivity contribution >= 4 is 28.9 Å².